The van der Waals surface area contributed by atoms with Crippen molar-refractivity contribution in [1.82, 2.24) is 9.55 Å². The zero-order valence-corrected chi connectivity index (χ0v) is 11.3. The zero-order valence-electron chi connectivity index (χ0n) is 10.4. The van der Waals surface area contributed by atoms with E-state index in [0.717, 1.165) is 17.8 Å². The first-order chi connectivity index (χ1) is 9.22. The highest BCUT2D eigenvalue weighted by molar-refractivity contribution is 7.81. The molecule has 0 aliphatic carbocycles. The molecule has 2 heterocycles. The lowest BCUT2D eigenvalue weighted by atomic mass is 10.2. The van der Waals surface area contributed by atoms with Crippen molar-refractivity contribution in [2.45, 2.75) is 18.2 Å². The maximum absolute atomic E-state index is 11.9. The van der Waals surface area contributed by atoms with Crippen LogP contribution in [0.25, 0.3) is 0 Å². The second-order valence-electron chi connectivity index (χ2n) is 4.77. The van der Waals surface area contributed by atoms with E-state index in [1.54, 1.807) is 12.5 Å². The van der Waals surface area contributed by atoms with E-state index >= 15 is 0 Å². The van der Waals surface area contributed by atoms with Crippen LogP contribution in [0, 0.1) is 0 Å². The minimum Gasteiger partial charge on any atom is -0.333 e. The number of imidazole rings is 1. The number of aromatic nitrogens is 2. The monoisotopic (exact) mass is 273 g/mol. The first kappa shape index (κ1) is 12.3. The highest BCUT2D eigenvalue weighted by Crippen LogP contribution is 2.24. The van der Waals surface area contributed by atoms with Gasteiger partial charge in [0, 0.05) is 42.8 Å². The first-order valence-electron chi connectivity index (χ1n) is 6.25. The van der Waals surface area contributed by atoms with E-state index in [2.05, 4.69) is 29.7 Å². The van der Waals surface area contributed by atoms with E-state index < -0.39 is 0 Å². The maximum atomic E-state index is 11.9. The van der Waals surface area contributed by atoms with Gasteiger partial charge in [0.2, 0.25) is 5.91 Å². The lowest BCUT2D eigenvalue weighted by Gasteiger charge is -2.17. The molecular formula is C14H15N3OS. The number of carbonyl (C=O) groups excluding carboxylic acids is 1. The first-order valence-corrected chi connectivity index (χ1v) is 6.77. The van der Waals surface area contributed by atoms with Crippen LogP contribution in [0.5, 0.6) is 0 Å². The number of rotatable bonds is 3. The second kappa shape index (κ2) is 5.09. The van der Waals surface area contributed by atoms with Gasteiger partial charge in [0.1, 0.15) is 0 Å². The molecule has 1 amide bonds. The van der Waals surface area contributed by atoms with Gasteiger partial charge in [0.05, 0.1) is 6.33 Å². The standard InChI is InChI=1S/C14H15N3OS/c18-14-7-13(19)9-17(14)12-3-1-2-11(6-12)8-16-5-4-15-10-16/h1-6,10,13,19H,7-9H2. The summed E-state index contributed by atoms with van der Waals surface area (Å²) >= 11 is 4.38. The summed E-state index contributed by atoms with van der Waals surface area (Å²) in [5, 5.41) is 0.143. The molecule has 1 aliphatic rings. The van der Waals surface area contributed by atoms with Crippen molar-refractivity contribution in [3.63, 3.8) is 0 Å². The highest BCUT2D eigenvalue weighted by Gasteiger charge is 2.28. The van der Waals surface area contributed by atoms with Gasteiger partial charge in [-0.1, -0.05) is 12.1 Å². The van der Waals surface area contributed by atoms with Crippen molar-refractivity contribution in [3.8, 4) is 0 Å². The fraction of sp³-hybridized carbons (Fsp3) is 0.286. The van der Waals surface area contributed by atoms with Gasteiger partial charge in [-0.05, 0) is 17.7 Å². The molecule has 2 aromatic rings. The van der Waals surface area contributed by atoms with Crippen molar-refractivity contribution in [2.75, 3.05) is 11.4 Å². The molecule has 0 radical (unpaired) electrons. The Balaban J connectivity index is 1.82. The van der Waals surface area contributed by atoms with Crippen LogP contribution in [0.3, 0.4) is 0 Å². The minimum atomic E-state index is 0.143. The Morgan fingerprint density at radius 1 is 1.42 bits per heavy atom. The Kier molecular flexibility index (Phi) is 3.29. The number of thiol groups is 1. The Morgan fingerprint density at radius 2 is 2.32 bits per heavy atom. The van der Waals surface area contributed by atoms with E-state index in [-0.39, 0.29) is 11.2 Å². The summed E-state index contributed by atoms with van der Waals surface area (Å²) in [7, 11) is 0. The molecule has 1 aromatic heterocycles. The van der Waals surface area contributed by atoms with Gasteiger partial charge in [-0.15, -0.1) is 0 Å². The fourth-order valence-electron chi connectivity index (χ4n) is 2.35. The highest BCUT2D eigenvalue weighted by atomic mass is 32.1. The molecule has 0 N–H and O–H groups in total. The van der Waals surface area contributed by atoms with Crippen LogP contribution in [0.15, 0.2) is 43.0 Å². The molecule has 0 saturated carbocycles. The summed E-state index contributed by atoms with van der Waals surface area (Å²) in [4.78, 5) is 17.7. The van der Waals surface area contributed by atoms with Gasteiger partial charge in [-0.3, -0.25) is 4.79 Å². The smallest absolute Gasteiger partial charge is 0.228 e. The number of nitrogens with zero attached hydrogens (tertiary/aromatic N) is 3. The summed E-state index contributed by atoms with van der Waals surface area (Å²) in [5.74, 6) is 0.153. The molecule has 1 fully saturated rings. The van der Waals surface area contributed by atoms with Crippen LogP contribution >= 0.6 is 12.6 Å². The van der Waals surface area contributed by atoms with Gasteiger partial charge >= 0.3 is 0 Å². The van der Waals surface area contributed by atoms with Crippen LogP contribution in [0.2, 0.25) is 0 Å². The number of hydrogen-bond donors (Lipinski definition) is 1. The Bertz CT molecular complexity index is 582. The second-order valence-corrected chi connectivity index (χ2v) is 5.50. The summed E-state index contributed by atoms with van der Waals surface area (Å²) < 4.78 is 2.01. The van der Waals surface area contributed by atoms with Gasteiger partial charge in [0.15, 0.2) is 0 Å². The van der Waals surface area contributed by atoms with Crippen LogP contribution in [0.4, 0.5) is 5.69 Å². The normalized spacial score (nSPS) is 19.1. The van der Waals surface area contributed by atoms with Crippen LogP contribution in [0.1, 0.15) is 12.0 Å². The maximum Gasteiger partial charge on any atom is 0.228 e. The summed E-state index contributed by atoms with van der Waals surface area (Å²) in [6, 6.07) is 8.08. The van der Waals surface area contributed by atoms with Gasteiger partial charge < -0.3 is 9.47 Å². The lowest BCUT2D eigenvalue weighted by Crippen LogP contribution is -2.24. The molecule has 98 valence electrons. The predicted molar refractivity (Wildman–Crippen MR) is 77.5 cm³/mol. The average Bonchev–Trinajstić information content (AvgIpc) is 2.99. The van der Waals surface area contributed by atoms with Crippen molar-refractivity contribution in [3.05, 3.63) is 48.5 Å². The molecular weight excluding hydrogens is 258 g/mol. The van der Waals surface area contributed by atoms with E-state index in [9.17, 15) is 4.79 Å². The zero-order chi connectivity index (χ0) is 13.2. The van der Waals surface area contributed by atoms with Crippen molar-refractivity contribution in [2.24, 2.45) is 0 Å². The van der Waals surface area contributed by atoms with Gasteiger partial charge in [-0.25, -0.2) is 4.98 Å². The van der Waals surface area contributed by atoms with E-state index in [1.807, 2.05) is 27.8 Å². The topological polar surface area (TPSA) is 38.1 Å². The Morgan fingerprint density at radius 3 is 3.00 bits per heavy atom. The molecule has 1 aliphatic heterocycles. The fourth-order valence-corrected chi connectivity index (χ4v) is 2.67. The largest absolute Gasteiger partial charge is 0.333 e. The lowest BCUT2D eigenvalue weighted by molar-refractivity contribution is -0.117. The molecule has 19 heavy (non-hydrogen) atoms. The Hall–Kier alpha value is -1.75. The summed E-state index contributed by atoms with van der Waals surface area (Å²) in [5.41, 5.74) is 2.12. The van der Waals surface area contributed by atoms with E-state index in [0.29, 0.717) is 13.0 Å². The third-order valence-electron chi connectivity index (χ3n) is 3.25. The van der Waals surface area contributed by atoms with Gasteiger partial charge in [-0.2, -0.15) is 12.6 Å². The molecule has 1 unspecified atom stereocenters. The third-order valence-corrected chi connectivity index (χ3v) is 3.60. The molecule has 1 aromatic carbocycles. The van der Waals surface area contributed by atoms with Crippen LogP contribution in [-0.4, -0.2) is 27.3 Å². The SMILES string of the molecule is O=C1CC(S)CN1c1cccc(Cn2ccnc2)c1. The predicted octanol–water partition coefficient (Wildman–Crippen LogP) is 1.97. The molecule has 0 bridgehead atoms. The summed E-state index contributed by atoms with van der Waals surface area (Å²) in [6.07, 6.45) is 6.00. The summed E-state index contributed by atoms with van der Waals surface area (Å²) in [6.45, 7) is 1.46. The molecule has 4 nitrogen and oxygen atoms in total. The molecule has 1 atom stereocenters. The van der Waals surface area contributed by atoms with Crippen molar-refractivity contribution < 1.29 is 4.79 Å². The molecule has 5 heteroatoms. The molecule has 0 spiro atoms. The molecule has 1 saturated heterocycles. The molecule has 3 rings (SSSR count). The quantitative estimate of drug-likeness (QED) is 0.868. The number of benzene rings is 1. The Labute approximate surface area is 117 Å². The number of carbonyl (C=O) groups is 1. The van der Waals surface area contributed by atoms with Crippen LogP contribution in [-0.2, 0) is 11.3 Å². The minimum absolute atomic E-state index is 0.143. The van der Waals surface area contributed by atoms with Crippen molar-refractivity contribution >= 4 is 24.2 Å². The van der Waals surface area contributed by atoms with Gasteiger partial charge in [0.25, 0.3) is 0 Å². The average molecular weight is 273 g/mol. The van der Waals surface area contributed by atoms with E-state index in [1.165, 1.54) is 0 Å². The number of anilines is 1. The third kappa shape index (κ3) is 2.66. The number of amides is 1. The van der Waals surface area contributed by atoms with Crippen LogP contribution < -0.4 is 4.90 Å². The number of hydrogen-bond acceptors (Lipinski definition) is 3. The van der Waals surface area contributed by atoms with E-state index in [4.69, 9.17) is 0 Å². The van der Waals surface area contributed by atoms with Crippen molar-refractivity contribution in [1.29, 1.82) is 0 Å².